The fraction of sp³-hybridized carbons (Fsp3) is 0.324. The summed E-state index contributed by atoms with van der Waals surface area (Å²) in [6.07, 6.45) is 5.58. The summed E-state index contributed by atoms with van der Waals surface area (Å²) in [6.45, 7) is 7.55. The van der Waals surface area contributed by atoms with Gasteiger partial charge >= 0.3 is 6.03 Å². The van der Waals surface area contributed by atoms with Crippen molar-refractivity contribution in [2.75, 3.05) is 6.54 Å². The lowest BCUT2D eigenvalue weighted by atomic mass is 9.88. The summed E-state index contributed by atoms with van der Waals surface area (Å²) < 4.78 is 1.89. The molecule has 0 bridgehead atoms. The molecule has 3 amide bonds. The monoisotopic (exact) mass is 547 g/mol. The third-order valence-electron chi connectivity index (χ3n) is 8.00. The number of para-hydroxylation sites is 1. The molecule has 1 aliphatic carbocycles. The molecule has 1 aliphatic heterocycles. The first-order chi connectivity index (χ1) is 19.8. The zero-order valence-electron chi connectivity index (χ0n) is 23.9. The SMILES string of the molecule is CC(C)(C)NC(=O)N1CCc2c(-c3cnn(-c4ccccc4)c3)ccc(CNC(=O)C3C[C@@H]3c3ccccc3)c2C1. The van der Waals surface area contributed by atoms with Crippen molar-refractivity contribution >= 4 is 11.9 Å². The highest BCUT2D eigenvalue weighted by Crippen LogP contribution is 2.47. The van der Waals surface area contributed by atoms with Crippen molar-refractivity contribution in [3.63, 3.8) is 0 Å². The van der Waals surface area contributed by atoms with Gasteiger partial charge < -0.3 is 15.5 Å². The molecule has 2 aliphatic rings. The van der Waals surface area contributed by atoms with E-state index in [2.05, 4.69) is 46.2 Å². The van der Waals surface area contributed by atoms with Crippen molar-refractivity contribution < 1.29 is 9.59 Å². The molecule has 2 atom stereocenters. The fourth-order valence-corrected chi connectivity index (χ4v) is 5.80. The second-order valence-corrected chi connectivity index (χ2v) is 12.2. The third-order valence-corrected chi connectivity index (χ3v) is 8.00. The first-order valence-electron chi connectivity index (χ1n) is 14.4. The molecule has 1 unspecified atom stereocenters. The van der Waals surface area contributed by atoms with Crippen molar-refractivity contribution in [1.29, 1.82) is 0 Å². The van der Waals surface area contributed by atoms with Crippen molar-refractivity contribution in [2.24, 2.45) is 5.92 Å². The zero-order chi connectivity index (χ0) is 28.6. The van der Waals surface area contributed by atoms with Crippen molar-refractivity contribution in [3.05, 3.63) is 107 Å². The van der Waals surface area contributed by atoms with Crippen molar-refractivity contribution in [3.8, 4) is 16.8 Å². The van der Waals surface area contributed by atoms with Crippen LogP contribution in [0, 0.1) is 5.92 Å². The Kier molecular flexibility index (Phi) is 7.12. The first-order valence-corrected chi connectivity index (χ1v) is 14.4. The van der Waals surface area contributed by atoms with Gasteiger partial charge in [0, 0.05) is 42.9 Å². The highest BCUT2D eigenvalue weighted by Gasteiger charge is 2.43. The van der Waals surface area contributed by atoms with Crippen LogP contribution in [0.3, 0.4) is 0 Å². The molecule has 4 aromatic rings. The number of hydrogen-bond donors (Lipinski definition) is 2. The third kappa shape index (κ3) is 5.89. The number of fused-ring (bicyclic) bond motifs is 1. The van der Waals surface area contributed by atoms with E-state index in [1.54, 1.807) is 0 Å². The van der Waals surface area contributed by atoms with E-state index in [1.807, 2.05) is 85.1 Å². The zero-order valence-corrected chi connectivity index (χ0v) is 23.9. The summed E-state index contributed by atoms with van der Waals surface area (Å²) in [5.74, 6) is 0.412. The van der Waals surface area contributed by atoms with Crippen LogP contribution >= 0.6 is 0 Å². The molecule has 0 spiro atoms. The molecule has 3 aromatic carbocycles. The molecular weight excluding hydrogens is 510 g/mol. The maximum Gasteiger partial charge on any atom is 0.318 e. The maximum absolute atomic E-state index is 13.1. The minimum absolute atomic E-state index is 0.0189. The second kappa shape index (κ2) is 10.9. The van der Waals surface area contributed by atoms with Crippen LogP contribution in [0.15, 0.2) is 85.2 Å². The number of aromatic nitrogens is 2. The van der Waals surface area contributed by atoms with Crippen molar-refractivity contribution in [2.45, 2.75) is 58.2 Å². The molecule has 0 radical (unpaired) electrons. The van der Waals surface area contributed by atoms with E-state index >= 15 is 0 Å². The van der Waals surface area contributed by atoms with Crippen LogP contribution in [0.5, 0.6) is 0 Å². The van der Waals surface area contributed by atoms with E-state index in [0.29, 0.717) is 25.6 Å². The van der Waals surface area contributed by atoms with E-state index in [9.17, 15) is 9.59 Å². The Morgan fingerprint density at radius 2 is 1.68 bits per heavy atom. The molecule has 210 valence electrons. The number of rotatable bonds is 6. The summed E-state index contributed by atoms with van der Waals surface area (Å²) >= 11 is 0. The Morgan fingerprint density at radius 3 is 2.41 bits per heavy atom. The van der Waals surface area contributed by atoms with Gasteiger partial charge in [0.2, 0.25) is 5.91 Å². The van der Waals surface area contributed by atoms with E-state index in [-0.39, 0.29) is 23.4 Å². The summed E-state index contributed by atoms with van der Waals surface area (Å²) in [5.41, 5.74) is 7.46. The molecule has 1 aromatic heterocycles. The van der Waals surface area contributed by atoms with E-state index in [4.69, 9.17) is 0 Å². The molecule has 1 saturated carbocycles. The van der Waals surface area contributed by atoms with E-state index in [0.717, 1.165) is 40.8 Å². The van der Waals surface area contributed by atoms with Crippen LogP contribution in [-0.2, 0) is 24.3 Å². The molecule has 7 heteroatoms. The average Bonchev–Trinajstić information content (AvgIpc) is 3.63. The Morgan fingerprint density at radius 1 is 0.951 bits per heavy atom. The molecular formula is C34H37N5O2. The molecule has 7 nitrogen and oxygen atoms in total. The van der Waals surface area contributed by atoms with Gasteiger partial charge in [0.15, 0.2) is 0 Å². The molecule has 6 rings (SSSR count). The standard InChI is InChI=1S/C34H37N5O2/c1-34(2,3)37-33(41)38-17-16-28-27(25-20-36-39(21-25)26-12-8-5-9-13-26)15-14-24(31(28)22-38)19-35-32(40)30-18-29(30)23-10-6-4-7-11-23/h4-15,20-21,29-30H,16-19,22H2,1-3H3,(H,35,40)(H,37,41)/t29-,30?/m1/s1. The summed E-state index contributed by atoms with van der Waals surface area (Å²) in [7, 11) is 0. The second-order valence-electron chi connectivity index (χ2n) is 12.2. The van der Waals surface area contributed by atoms with Crippen LogP contribution < -0.4 is 10.6 Å². The number of benzene rings is 3. The topological polar surface area (TPSA) is 79.3 Å². The molecule has 41 heavy (non-hydrogen) atoms. The maximum atomic E-state index is 13.1. The first kappa shape index (κ1) is 26.8. The number of nitrogens with zero attached hydrogens (tertiary/aromatic N) is 3. The van der Waals surface area contributed by atoms with Crippen LogP contribution in [-0.4, -0.2) is 38.7 Å². The molecule has 2 N–H and O–H groups in total. The average molecular weight is 548 g/mol. The number of carbonyl (C=O) groups is 2. The number of carbonyl (C=O) groups excluding carboxylic acids is 2. The van der Waals surface area contributed by atoms with Crippen LogP contribution in [0.2, 0.25) is 0 Å². The van der Waals surface area contributed by atoms with Gasteiger partial charge in [-0.3, -0.25) is 4.79 Å². The number of nitrogens with one attached hydrogen (secondary N) is 2. The van der Waals surface area contributed by atoms with Gasteiger partial charge in [-0.1, -0.05) is 60.7 Å². The van der Waals surface area contributed by atoms with Crippen LogP contribution in [0.25, 0.3) is 16.8 Å². The molecule has 1 fully saturated rings. The predicted molar refractivity (Wildman–Crippen MR) is 161 cm³/mol. The van der Waals surface area contributed by atoms with Gasteiger partial charge in [-0.25, -0.2) is 9.48 Å². The smallest absolute Gasteiger partial charge is 0.318 e. The Labute approximate surface area is 241 Å². The summed E-state index contributed by atoms with van der Waals surface area (Å²) in [5, 5.41) is 10.9. The molecule has 0 saturated heterocycles. The van der Waals surface area contributed by atoms with Crippen LogP contribution in [0.4, 0.5) is 4.79 Å². The molecule has 2 heterocycles. The van der Waals surface area contributed by atoms with E-state index in [1.165, 1.54) is 11.1 Å². The summed E-state index contributed by atoms with van der Waals surface area (Å²) in [6, 6.07) is 24.5. The largest absolute Gasteiger partial charge is 0.352 e. The Hall–Kier alpha value is -4.39. The fourth-order valence-electron chi connectivity index (χ4n) is 5.80. The van der Waals surface area contributed by atoms with Gasteiger partial charge in [0.25, 0.3) is 0 Å². The number of hydrogen-bond acceptors (Lipinski definition) is 3. The lowest BCUT2D eigenvalue weighted by Gasteiger charge is -2.34. The van der Waals surface area contributed by atoms with Gasteiger partial charge in [-0.05, 0) is 79.5 Å². The van der Waals surface area contributed by atoms with Gasteiger partial charge in [0.1, 0.15) is 0 Å². The van der Waals surface area contributed by atoms with Gasteiger partial charge in [-0.15, -0.1) is 0 Å². The normalized spacial score (nSPS) is 18.0. The summed E-state index contributed by atoms with van der Waals surface area (Å²) in [4.78, 5) is 28.1. The lowest BCUT2D eigenvalue weighted by molar-refractivity contribution is -0.122. The quantitative estimate of drug-likeness (QED) is 0.319. The van der Waals surface area contributed by atoms with Crippen molar-refractivity contribution in [1.82, 2.24) is 25.3 Å². The predicted octanol–water partition coefficient (Wildman–Crippen LogP) is 5.83. The van der Waals surface area contributed by atoms with Gasteiger partial charge in [0.05, 0.1) is 11.9 Å². The van der Waals surface area contributed by atoms with E-state index < -0.39 is 0 Å². The highest BCUT2D eigenvalue weighted by molar-refractivity contribution is 5.83. The Balaban J connectivity index is 1.25. The Bertz CT molecular complexity index is 1560. The number of amides is 3. The number of urea groups is 1. The van der Waals surface area contributed by atoms with Crippen LogP contribution in [0.1, 0.15) is 55.4 Å². The minimum atomic E-state index is -0.318. The van der Waals surface area contributed by atoms with Gasteiger partial charge in [-0.2, -0.15) is 5.10 Å². The lowest BCUT2D eigenvalue weighted by Crippen LogP contribution is -2.50. The highest BCUT2D eigenvalue weighted by atomic mass is 16.2. The minimum Gasteiger partial charge on any atom is -0.352 e.